The van der Waals surface area contributed by atoms with Crippen LogP contribution >= 0.6 is 0 Å². The minimum atomic E-state index is -1.02. The minimum absolute atomic E-state index is 0.143. The van der Waals surface area contributed by atoms with Gasteiger partial charge in [0.1, 0.15) is 12.1 Å². The number of carbonyl (C=O) groups is 5. The molecule has 156 valence electrons. The fraction of sp³-hybridized carbons (Fsp3) is 0.421. The van der Waals surface area contributed by atoms with Crippen molar-refractivity contribution in [1.29, 1.82) is 0 Å². The summed E-state index contributed by atoms with van der Waals surface area (Å²) in [5, 5.41) is 5.05. The third-order valence-corrected chi connectivity index (χ3v) is 4.71. The van der Waals surface area contributed by atoms with E-state index in [2.05, 4.69) is 15.4 Å². The van der Waals surface area contributed by atoms with Gasteiger partial charge in [0.25, 0.3) is 11.8 Å². The molecule has 1 aromatic carbocycles. The lowest BCUT2D eigenvalue weighted by Gasteiger charge is -2.22. The molecule has 0 unspecified atom stereocenters. The number of ether oxygens (including phenoxy) is 2. The van der Waals surface area contributed by atoms with Crippen LogP contribution in [0.1, 0.15) is 37.0 Å². The van der Waals surface area contributed by atoms with Crippen LogP contribution in [0.2, 0.25) is 0 Å². The average Bonchev–Trinajstić information content (AvgIpc) is 2.96. The fourth-order valence-corrected chi connectivity index (χ4v) is 2.94. The summed E-state index contributed by atoms with van der Waals surface area (Å²) in [6.45, 7) is 2.28. The Morgan fingerprint density at radius 3 is 2.38 bits per heavy atom. The van der Waals surface area contributed by atoms with E-state index in [1.54, 1.807) is 26.0 Å². The summed E-state index contributed by atoms with van der Waals surface area (Å²) < 4.78 is 9.49. The SMILES string of the molecule is CCC1(CC)NC(=O)N(CC(=O)OCC(=O)Nc2ccccc2C(=O)OC)C1=O. The monoisotopic (exact) mass is 405 g/mol. The maximum Gasteiger partial charge on any atom is 0.339 e. The Labute approximate surface area is 167 Å². The molecule has 0 saturated carbocycles. The standard InChI is InChI=1S/C19H23N3O7/c1-4-19(5-2)17(26)22(18(27)21-19)10-15(24)29-11-14(23)20-13-9-7-6-8-12(13)16(25)28-3/h6-9H,4-5,10-11H2,1-3H3,(H,20,23)(H,21,27). The Kier molecular flexibility index (Phi) is 6.92. The first-order valence-electron chi connectivity index (χ1n) is 9.05. The number of para-hydroxylation sites is 1. The number of carbonyl (C=O) groups excluding carboxylic acids is 5. The van der Waals surface area contributed by atoms with E-state index < -0.39 is 48.5 Å². The first-order valence-corrected chi connectivity index (χ1v) is 9.05. The molecule has 0 atom stereocenters. The van der Waals surface area contributed by atoms with Gasteiger partial charge in [0.2, 0.25) is 0 Å². The van der Waals surface area contributed by atoms with Gasteiger partial charge in [-0.05, 0) is 25.0 Å². The molecule has 0 spiro atoms. The molecule has 2 rings (SSSR count). The lowest BCUT2D eigenvalue weighted by molar-refractivity contribution is -0.150. The highest BCUT2D eigenvalue weighted by molar-refractivity contribution is 6.08. The maximum atomic E-state index is 12.5. The van der Waals surface area contributed by atoms with Crippen LogP contribution in [0.3, 0.4) is 0 Å². The van der Waals surface area contributed by atoms with Gasteiger partial charge in [-0.3, -0.25) is 19.3 Å². The molecule has 1 aliphatic heterocycles. The molecule has 1 fully saturated rings. The van der Waals surface area contributed by atoms with E-state index in [9.17, 15) is 24.0 Å². The molecule has 10 nitrogen and oxygen atoms in total. The topological polar surface area (TPSA) is 131 Å². The predicted octanol–water partition coefficient (Wildman–Crippen LogP) is 1.07. The number of hydrogen-bond donors (Lipinski definition) is 2. The van der Waals surface area contributed by atoms with Gasteiger partial charge >= 0.3 is 18.0 Å². The number of anilines is 1. The van der Waals surface area contributed by atoms with Gasteiger partial charge in [-0.15, -0.1) is 0 Å². The van der Waals surface area contributed by atoms with E-state index in [-0.39, 0.29) is 11.3 Å². The van der Waals surface area contributed by atoms with Gasteiger partial charge in [0.15, 0.2) is 6.61 Å². The molecule has 0 aliphatic carbocycles. The molecule has 1 heterocycles. The lowest BCUT2D eigenvalue weighted by Crippen LogP contribution is -2.46. The molecule has 1 aromatic rings. The second-order valence-electron chi connectivity index (χ2n) is 6.36. The van der Waals surface area contributed by atoms with Crippen molar-refractivity contribution in [1.82, 2.24) is 10.2 Å². The molecule has 0 radical (unpaired) electrons. The van der Waals surface area contributed by atoms with E-state index in [0.29, 0.717) is 12.8 Å². The summed E-state index contributed by atoms with van der Waals surface area (Å²) in [6.07, 6.45) is 0.781. The zero-order valence-electron chi connectivity index (χ0n) is 16.4. The van der Waals surface area contributed by atoms with E-state index in [1.165, 1.54) is 19.2 Å². The highest BCUT2D eigenvalue weighted by atomic mass is 16.5. The Balaban J connectivity index is 1.92. The van der Waals surface area contributed by atoms with Crippen LogP contribution < -0.4 is 10.6 Å². The summed E-state index contributed by atoms with van der Waals surface area (Å²) in [5.74, 6) is -2.73. The van der Waals surface area contributed by atoms with E-state index in [4.69, 9.17) is 4.74 Å². The number of hydrogen-bond acceptors (Lipinski definition) is 7. The molecule has 10 heteroatoms. The molecule has 0 bridgehead atoms. The van der Waals surface area contributed by atoms with Crippen molar-refractivity contribution >= 4 is 35.5 Å². The van der Waals surface area contributed by atoms with Crippen LogP contribution in [0.4, 0.5) is 10.5 Å². The molecule has 1 saturated heterocycles. The number of urea groups is 1. The number of nitrogens with one attached hydrogen (secondary N) is 2. The third kappa shape index (κ3) is 4.71. The number of rotatable bonds is 8. The quantitative estimate of drug-likeness (QED) is 0.488. The van der Waals surface area contributed by atoms with Gasteiger partial charge in [0, 0.05) is 0 Å². The van der Waals surface area contributed by atoms with Crippen LogP contribution in [-0.2, 0) is 23.9 Å². The second-order valence-corrected chi connectivity index (χ2v) is 6.36. The highest BCUT2D eigenvalue weighted by Gasteiger charge is 2.49. The van der Waals surface area contributed by atoms with Crippen molar-refractivity contribution in [2.24, 2.45) is 0 Å². The molecule has 2 N–H and O–H groups in total. The van der Waals surface area contributed by atoms with Gasteiger partial charge < -0.3 is 20.1 Å². The Hall–Kier alpha value is -3.43. The molecular weight excluding hydrogens is 382 g/mol. The Morgan fingerprint density at radius 2 is 1.79 bits per heavy atom. The third-order valence-electron chi connectivity index (χ3n) is 4.71. The number of nitrogens with zero attached hydrogens (tertiary/aromatic N) is 1. The van der Waals surface area contributed by atoms with Crippen LogP contribution in [0.25, 0.3) is 0 Å². The van der Waals surface area contributed by atoms with Gasteiger partial charge in [-0.1, -0.05) is 26.0 Å². The summed E-state index contributed by atoms with van der Waals surface area (Å²) >= 11 is 0. The Morgan fingerprint density at radius 1 is 1.14 bits per heavy atom. The van der Waals surface area contributed by atoms with Gasteiger partial charge in [-0.25, -0.2) is 9.59 Å². The smallest absolute Gasteiger partial charge is 0.339 e. The molecule has 29 heavy (non-hydrogen) atoms. The number of amides is 4. The van der Waals surface area contributed by atoms with Crippen molar-refractivity contribution < 1.29 is 33.4 Å². The average molecular weight is 405 g/mol. The summed E-state index contributed by atoms with van der Waals surface area (Å²) in [4.78, 5) is 61.0. The molecule has 1 aliphatic rings. The number of esters is 2. The van der Waals surface area contributed by atoms with E-state index >= 15 is 0 Å². The van der Waals surface area contributed by atoms with Crippen LogP contribution in [-0.4, -0.2) is 60.5 Å². The first kappa shape index (κ1) is 21.9. The first-order chi connectivity index (χ1) is 13.8. The lowest BCUT2D eigenvalue weighted by atomic mass is 9.93. The van der Waals surface area contributed by atoms with Crippen LogP contribution in [0, 0.1) is 0 Å². The van der Waals surface area contributed by atoms with Crippen molar-refractivity contribution in [3.8, 4) is 0 Å². The molecule has 4 amide bonds. The largest absolute Gasteiger partial charge is 0.465 e. The van der Waals surface area contributed by atoms with E-state index in [1.807, 2.05) is 0 Å². The highest BCUT2D eigenvalue weighted by Crippen LogP contribution is 2.24. The predicted molar refractivity (Wildman–Crippen MR) is 101 cm³/mol. The van der Waals surface area contributed by atoms with Crippen molar-refractivity contribution in [2.45, 2.75) is 32.2 Å². The number of benzene rings is 1. The zero-order valence-corrected chi connectivity index (χ0v) is 16.4. The summed E-state index contributed by atoms with van der Waals surface area (Å²) in [6, 6.07) is 5.51. The van der Waals surface area contributed by atoms with Crippen LogP contribution in [0.15, 0.2) is 24.3 Å². The minimum Gasteiger partial charge on any atom is -0.465 e. The van der Waals surface area contributed by atoms with Crippen molar-refractivity contribution in [2.75, 3.05) is 25.6 Å². The van der Waals surface area contributed by atoms with E-state index in [0.717, 1.165) is 4.90 Å². The normalized spacial score (nSPS) is 14.9. The molecular formula is C19H23N3O7. The van der Waals surface area contributed by atoms with Crippen molar-refractivity contribution in [3.63, 3.8) is 0 Å². The fourth-order valence-electron chi connectivity index (χ4n) is 2.94. The van der Waals surface area contributed by atoms with Crippen LogP contribution in [0.5, 0.6) is 0 Å². The Bertz CT molecular complexity index is 833. The second kappa shape index (κ2) is 9.18. The summed E-state index contributed by atoms with van der Waals surface area (Å²) in [7, 11) is 1.21. The summed E-state index contributed by atoms with van der Waals surface area (Å²) in [5.41, 5.74) is -0.679. The zero-order chi connectivity index (χ0) is 21.6. The van der Waals surface area contributed by atoms with Crippen molar-refractivity contribution in [3.05, 3.63) is 29.8 Å². The maximum absolute atomic E-state index is 12.5. The van der Waals surface area contributed by atoms with Gasteiger partial charge in [-0.2, -0.15) is 0 Å². The number of imide groups is 1. The number of methoxy groups -OCH3 is 1. The molecule has 0 aromatic heterocycles. The van der Waals surface area contributed by atoms with Gasteiger partial charge in [0.05, 0.1) is 18.4 Å².